The quantitative estimate of drug-likeness (QED) is 0.527. The zero-order valence-electron chi connectivity index (χ0n) is 21.2. The summed E-state index contributed by atoms with van der Waals surface area (Å²) in [6, 6.07) is 8.00. The van der Waals surface area contributed by atoms with E-state index in [4.69, 9.17) is 4.74 Å². The van der Waals surface area contributed by atoms with E-state index in [1.165, 1.54) is 0 Å². The maximum Gasteiger partial charge on any atom is 0.315 e. The molecule has 3 fully saturated rings. The topological polar surface area (TPSA) is 91.0 Å². The first-order valence-electron chi connectivity index (χ1n) is 13.1. The van der Waals surface area contributed by atoms with Crippen molar-refractivity contribution in [3.8, 4) is 5.75 Å². The first-order valence-corrected chi connectivity index (χ1v) is 13.1. The van der Waals surface area contributed by atoms with Crippen molar-refractivity contribution in [1.29, 1.82) is 0 Å². The van der Waals surface area contributed by atoms with Crippen LogP contribution < -0.4 is 15.4 Å². The van der Waals surface area contributed by atoms with E-state index in [0.717, 1.165) is 82.4 Å². The second-order valence-corrected chi connectivity index (χ2v) is 10.6. The average molecular weight is 485 g/mol. The molecule has 1 aromatic carbocycles. The first kappa shape index (κ1) is 25.3. The molecule has 4 rings (SSSR count). The second kappa shape index (κ2) is 11.3. The molecule has 1 spiro atoms. The number of nitrogens with one attached hydrogen (secondary N) is 2. The van der Waals surface area contributed by atoms with E-state index in [1.54, 1.807) is 7.11 Å². The van der Waals surface area contributed by atoms with Crippen LogP contribution in [0, 0.1) is 5.41 Å². The number of unbranched alkanes of at least 4 members (excludes halogenated alkanes) is 2. The Balaban J connectivity index is 1.14. The van der Waals surface area contributed by atoms with Crippen molar-refractivity contribution < 1.29 is 19.1 Å². The molecular weight excluding hydrogens is 444 g/mol. The standard InChI is InChI=1S/C27H40N4O4/c1-20-23(29-26(34)28-20)9-4-3-5-10-24(32)31-16-13-27(19-31)11-14-30(15-12-27)25(33)18-21-7-6-8-22(17-21)35-2/h6-8,17,20,23H,3-5,9-16,18-19H2,1-2H3,(H2,28,29,34)/t20-,23+/m0/s1. The van der Waals surface area contributed by atoms with E-state index in [1.807, 2.05) is 36.1 Å². The summed E-state index contributed by atoms with van der Waals surface area (Å²) in [6.07, 6.45) is 7.87. The molecule has 35 heavy (non-hydrogen) atoms. The molecule has 2 N–H and O–H groups in total. The number of urea groups is 1. The second-order valence-electron chi connectivity index (χ2n) is 10.6. The Kier molecular flexibility index (Phi) is 8.19. The third-order valence-electron chi connectivity index (χ3n) is 8.14. The van der Waals surface area contributed by atoms with Gasteiger partial charge in [-0.25, -0.2) is 4.79 Å². The summed E-state index contributed by atoms with van der Waals surface area (Å²) in [5.41, 5.74) is 1.15. The van der Waals surface area contributed by atoms with Gasteiger partial charge in [0.2, 0.25) is 11.8 Å². The minimum absolute atomic E-state index is 0.0762. The molecule has 192 valence electrons. The molecule has 3 aliphatic heterocycles. The van der Waals surface area contributed by atoms with Crippen molar-refractivity contribution >= 4 is 17.8 Å². The van der Waals surface area contributed by atoms with Crippen LogP contribution >= 0.6 is 0 Å². The van der Waals surface area contributed by atoms with Gasteiger partial charge in [0.05, 0.1) is 19.6 Å². The molecule has 3 saturated heterocycles. The van der Waals surface area contributed by atoms with E-state index < -0.39 is 0 Å². The molecule has 0 saturated carbocycles. The summed E-state index contributed by atoms with van der Waals surface area (Å²) in [4.78, 5) is 41.0. The van der Waals surface area contributed by atoms with Gasteiger partial charge >= 0.3 is 6.03 Å². The largest absolute Gasteiger partial charge is 0.497 e. The number of piperidine rings is 1. The molecular formula is C27H40N4O4. The summed E-state index contributed by atoms with van der Waals surface area (Å²) >= 11 is 0. The van der Waals surface area contributed by atoms with Crippen LogP contribution in [0.15, 0.2) is 24.3 Å². The number of methoxy groups -OCH3 is 1. The van der Waals surface area contributed by atoms with Crippen LogP contribution in [0.4, 0.5) is 4.79 Å². The molecule has 8 heteroatoms. The maximum atomic E-state index is 12.8. The number of benzene rings is 1. The molecule has 0 radical (unpaired) electrons. The average Bonchev–Trinajstić information content (AvgIpc) is 3.41. The van der Waals surface area contributed by atoms with Gasteiger partial charge in [-0.05, 0) is 62.1 Å². The summed E-state index contributed by atoms with van der Waals surface area (Å²) in [5, 5.41) is 5.83. The van der Waals surface area contributed by atoms with Gasteiger partial charge in [0.15, 0.2) is 0 Å². The number of nitrogens with zero attached hydrogens (tertiary/aromatic N) is 2. The minimum Gasteiger partial charge on any atom is -0.497 e. The van der Waals surface area contributed by atoms with Crippen molar-refractivity contribution in [3.63, 3.8) is 0 Å². The van der Waals surface area contributed by atoms with E-state index in [0.29, 0.717) is 12.8 Å². The molecule has 4 amide bonds. The number of hydrogen-bond donors (Lipinski definition) is 2. The van der Waals surface area contributed by atoms with Gasteiger partial charge in [0.25, 0.3) is 0 Å². The van der Waals surface area contributed by atoms with Crippen LogP contribution in [0.3, 0.4) is 0 Å². The van der Waals surface area contributed by atoms with Crippen molar-refractivity contribution in [2.75, 3.05) is 33.3 Å². The molecule has 2 atom stereocenters. The maximum absolute atomic E-state index is 12.8. The van der Waals surface area contributed by atoms with Crippen LogP contribution in [0.2, 0.25) is 0 Å². The predicted octanol–water partition coefficient (Wildman–Crippen LogP) is 3.10. The van der Waals surface area contributed by atoms with Gasteiger partial charge in [-0.2, -0.15) is 0 Å². The number of likely N-dealkylation sites (tertiary alicyclic amines) is 2. The minimum atomic E-state index is -0.0762. The van der Waals surface area contributed by atoms with Gasteiger partial charge in [-0.15, -0.1) is 0 Å². The predicted molar refractivity (Wildman–Crippen MR) is 134 cm³/mol. The van der Waals surface area contributed by atoms with Crippen molar-refractivity contribution in [2.24, 2.45) is 5.41 Å². The van der Waals surface area contributed by atoms with Gasteiger partial charge in [-0.1, -0.05) is 25.0 Å². The Morgan fingerprint density at radius 1 is 1.03 bits per heavy atom. The smallest absolute Gasteiger partial charge is 0.315 e. The number of carbonyl (C=O) groups is 3. The highest BCUT2D eigenvalue weighted by Crippen LogP contribution is 2.40. The molecule has 0 unspecified atom stereocenters. The van der Waals surface area contributed by atoms with Crippen LogP contribution in [0.25, 0.3) is 0 Å². The number of ether oxygens (including phenoxy) is 1. The fourth-order valence-electron chi connectivity index (χ4n) is 5.80. The molecule has 0 aliphatic carbocycles. The zero-order valence-corrected chi connectivity index (χ0v) is 21.2. The lowest BCUT2D eigenvalue weighted by molar-refractivity contribution is -0.134. The monoisotopic (exact) mass is 484 g/mol. The van der Waals surface area contributed by atoms with E-state index in [-0.39, 0.29) is 35.3 Å². The number of hydrogen-bond acceptors (Lipinski definition) is 4. The number of rotatable bonds is 9. The van der Waals surface area contributed by atoms with Crippen molar-refractivity contribution in [3.05, 3.63) is 29.8 Å². The highest BCUT2D eigenvalue weighted by atomic mass is 16.5. The van der Waals surface area contributed by atoms with E-state index >= 15 is 0 Å². The van der Waals surface area contributed by atoms with Crippen LogP contribution in [0.1, 0.15) is 63.9 Å². The molecule has 3 aliphatic rings. The third-order valence-corrected chi connectivity index (χ3v) is 8.14. The van der Waals surface area contributed by atoms with Crippen molar-refractivity contribution in [2.45, 2.75) is 76.8 Å². The van der Waals surface area contributed by atoms with Gasteiger partial charge in [-0.3, -0.25) is 9.59 Å². The lowest BCUT2D eigenvalue weighted by Gasteiger charge is -2.39. The SMILES string of the molecule is COc1cccc(CC(=O)N2CCC3(CC2)CCN(C(=O)CCCCC[C@H]2NC(=O)N[C@H]2C)C3)c1. The molecule has 3 heterocycles. The highest BCUT2D eigenvalue weighted by Gasteiger charge is 2.42. The van der Waals surface area contributed by atoms with E-state index in [9.17, 15) is 14.4 Å². The molecule has 8 nitrogen and oxygen atoms in total. The van der Waals surface area contributed by atoms with Crippen LogP contribution in [-0.2, 0) is 16.0 Å². The zero-order chi connectivity index (χ0) is 24.8. The fraction of sp³-hybridized carbons (Fsp3) is 0.667. The van der Waals surface area contributed by atoms with Gasteiger partial charge in [0.1, 0.15) is 5.75 Å². The normalized spacial score (nSPS) is 23.3. The Morgan fingerprint density at radius 2 is 1.77 bits per heavy atom. The Bertz CT molecular complexity index is 912. The summed E-state index contributed by atoms with van der Waals surface area (Å²) in [5.74, 6) is 1.21. The Labute approximate surface area is 208 Å². The number of carbonyl (C=O) groups excluding carboxylic acids is 3. The van der Waals surface area contributed by atoms with Crippen molar-refractivity contribution in [1.82, 2.24) is 20.4 Å². The number of amides is 4. The molecule has 0 bridgehead atoms. The lowest BCUT2D eigenvalue weighted by Crippen LogP contribution is -2.45. The fourth-order valence-corrected chi connectivity index (χ4v) is 5.80. The van der Waals surface area contributed by atoms with Crippen LogP contribution in [-0.4, -0.2) is 73.0 Å². The Morgan fingerprint density at radius 3 is 2.46 bits per heavy atom. The summed E-state index contributed by atoms with van der Waals surface area (Å²) < 4.78 is 5.27. The lowest BCUT2D eigenvalue weighted by atomic mass is 9.77. The molecule has 0 aromatic heterocycles. The van der Waals surface area contributed by atoms with Gasteiger partial charge in [0, 0.05) is 38.6 Å². The Hall–Kier alpha value is -2.77. The highest BCUT2D eigenvalue weighted by molar-refractivity contribution is 5.79. The van der Waals surface area contributed by atoms with Gasteiger partial charge < -0.3 is 25.2 Å². The summed E-state index contributed by atoms with van der Waals surface area (Å²) in [7, 11) is 1.64. The first-order chi connectivity index (χ1) is 16.9. The summed E-state index contributed by atoms with van der Waals surface area (Å²) in [6.45, 7) is 5.25. The van der Waals surface area contributed by atoms with Crippen LogP contribution in [0.5, 0.6) is 5.75 Å². The third kappa shape index (κ3) is 6.47. The van der Waals surface area contributed by atoms with E-state index in [2.05, 4.69) is 15.5 Å². The molecule has 1 aromatic rings.